The lowest BCUT2D eigenvalue weighted by Crippen LogP contribution is -2.13. The van der Waals surface area contributed by atoms with Gasteiger partial charge in [-0.1, -0.05) is 29.8 Å². The van der Waals surface area contributed by atoms with Crippen LogP contribution in [0.1, 0.15) is 11.7 Å². The molecule has 1 rings (SSSR count). The number of aliphatic hydroxyl groups excluding tert-OH is 1. The SMILES string of the molecule is COC(=O)[C@H](O)c1ccccc1Cl.O=S(=O)(O)O. The van der Waals surface area contributed by atoms with E-state index in [1.54, 1.807) is 24.3 Å². The number of halogens is 1. The summed E-state index contributed by atoms with van der Waals surface area (Å²) in [6, 6.07) is 6.58. The number of benzene rings is 1. The molecule has 0 aliphatic carbocycles. The molecular weight excluding hydrogens is 288 g/mol. The number of ether oxygens (including phenoxy) is 1. The van der Waals surface area contributed by atoms with Gasteiger partial charge in [0, 0.05) is 10.6 Å². The minimum Gasteiger partial charge on any atom is -0.467 e. The Kier molecular flexibility index (Phi) is 6.81. The minimum absolute atomic E-state index is 0.348. The molecule has 7 nitrogen and oxygen atoms in total. The Morgan fingerprint density at radius 2 is 1.78 bits per heavy atom. The largest absolute Gasteiger partial charge is 0.467 e. The third kappa shape index (κ3) is 7.20. The summed E-state index contributed by atoms with van der Waals surface area (Å²) in [5.41, 5.74) is 0.357. The maximum Gasteiger partial charge on any atom is 0.394 e. The van der Waals surface area contributed by atoms with Crippen LogP contribution in [0.3, 0.4) is 0 Å². The average molecular weight is 299 g/mol. The molecule has 0 aliphatic rings. The molecule has 0 heterocycles. The van der Waals surface area contributed by atoms with Crippen molar-refractivity contribution in [2.24, 2.45) is 0 Å². The third-order valence-electron chi connectivity index (χ3n) is 1.62. The fourth-order valence-electron chi connectivity index (χ4n) is 0.935. The maximum atomic E-state index is 10.9. The van der Waals surface area contributed by atoms with Crippen LogP contribution >= 0.6 is 11.6 Å². The molecule has 0 aromatic heterocycles. The lowest BCUT2D eigenvalue weighted by atomic mass is 10.1. The maximum absolute atomic E-state index is 10.9. The summed E-state index contributed by atoms with van der Waals surface area (Å²) in [6.07, 6.45) is -1.31. The van der Waals surface area contributed by atoms with Gasteiger partial charge in [-0.3, -0.25) is 9.11 Å². The summed E-state index contributed by atoms with van der Waals surface area (Å²) in [6.45, 7) is 0. The first-order chi connectivity index (χ1) is 8.16. The van der Waals surface area contributed by atoms with Gasteiger partial charge in [-0.25, -0.2) is 4.79 Å². The first-order valence-electron chi connectivity index (χ1n) is 4.37. The molecule has 0 unspecified atom stereocenters. The van der Waals surface area contributed by atoms with Crippen LogP contribution in [0.2, 0.25) is 5.02 Å². The number of carbonyl (C=O) groups excluding carboxylic acids is 1. The van der Waals surface area contributed by atoms with Gasteiger partial charge in [0.2, 0.25) is 0 Å². The van der Waals surface area contributed by atoms with E-state index in [0.717, 1.165) is 0 Å². The minimum atomic E-state index is -4.67. The Morgan fingerprint density at radius 3 is 2.17 bits per heavy atom. The van der Waals surface area contributed by atoms with Gasteiger partial charge in [-0.2, -0.15) is 8.42 Å². The summed E-state index contributed by atoms with van der Waals surface area (Å²) >= 11 is 5.75. The van der Waals surface area contributed by atoms with Crippen LogP contribution in [0.25, 0.3) is 0 Å². The van der Waals surface area contributed by atoms with E-state index < -0.39 is 22.5 Å². The van der Waals surface area contributed by atoms with Crippen molar-refractivity contribution in [3.63, 3.8) is 0 Å². The van der Waals surface area contributed by atoms with Crippen molar-refractivity contribution in [1.29, 1.82) is 0 Å². The summed E-state index contributed by atoms with van der Waals surface area (Å²) in [4.78, 5) is 10.9. The van der Waals surface area contributed by atoms with Crippen LogP contribution < -0.4 is 0 Å². The van der Waals surface area contributed by atoms with E-state index in [4.69, 9.17) is 29.1 Å². The number of aliphatic hydroxyl groups is 1. The van der Waals surface area contributed by atoms with Crippen LogP contribution in [0.15, 0.2) is 24.3 Å². The zero-order valence-corrected chi connectivity index (χ0v) is 10.7. The number of esters is 1. The normalized spacial score (nSPS) is 12.1. The van der Waals surface area contributed by atoms with E-state index in [2.05, 4.69) is 4.74 Å². The number of carbonyl (C=O) groups is 1. The Labute approximate surface area is 109 Å². The summed E-state index contributed by atoms with van der Waals surface area (Å²) < 4.78 is 36.0. The highest BCUT2D eigenvalue weighted by Gasteiger charge is 2.19. The summed E-state index contributed by atoms with van der Waals surface area (Å²) in [7, 11) is -3.46. The molecule has 0 bridgehead atoms. The Bertz CT molecular complexity index is 491. The van der Waals surface area contributed by atoms with E-state index >= 15 is 0 Å². The number of methoxy groups -OCH3 is 1. The second-order valence-corrected chi connectivity index (χ2v) is 4.20. The molecule has 3 N–H and O–H groups in total. The molecule has 0 spiro atoms. The van der Waals surface area contributed by atoms with E-state index in [1.165, 1.54) is 7.11 Å². The Hall–Kier alpha value is -1.19. The van der Waals surface area contributed by atoms with Gasteiger partial charge < -0.3 is 9.84 Å². The topological polar surface area (TPSA) is 121 Å². The molecule has 0 aliphatic heterocycles. The van der Waals surface area contributed by atoms with Gasteiger partial charge in [-0.15, -0.1) is 0 Å². The molecule has 0 radical (unpaired) electrons. The highest BCUT2D eigenvalue weighted by Crippen LogP contribution is 2.22. The van der Waals surface area contributed by atoms with Gasteiger partial charge in [-0.05, 0) is 6.07 Å². The molecule has 9 heteroatoms. The zero-order chi connectivity index (χ0) is 14.3. The molecule has 0 amide bonds. The van der Waals surface area contributed by atoms with Gasteiger partial charge in [0.25, 0.3) is 0 Å². The lowest BCUT2D eigenvalue weighted by Gasteiger charge is -2.09. The smallest absolute Gasteiger partial charge is 0.394 e. The lowest BCUT2D eigenvalue weighted by molar-refractivity contribution is -0.150. The highest BCUT2D eigenvalue weighted by molar-refractivity contribution is 7.79. The van der Waals surface area contributed by atoms with Gasteiger partial charge in [0.15, 0.2) is 6.10 Å². The van der Waals surface area contributed by atoms with Crippen molar-refractivity contribution in [2.45, 2.75) is 6.10 Å². The molecule has 0 saturated heterocycles. The quantitative estimate of drug-likeness (QED) is 0.547. The predicted octanol–water partition coefficient (Wildman–Crippen LogP) is 0.894. The standard InChI is InChI=1S/C9H9ClO3.H2O4S/c1-13-9(12)8(11)6-4-2-3-5-7(6)10;1-5(2,3)4/h2-5,8,11H,1H3;(H2,1,2,3,4)/t8-;/m1./s1. The third-order valence-corrected chi connectivity index (χ3v) is 1.97. The number of hydrogen-bond acceptors (Lipinski definition) is 5. The fourth-order valence-corrected chi connectivity index (χ4v) is 1.17. The highest BCUT2D eigenvalue weighted by atomic mass is 35.5. The first-order valence-corrected chi connectivity index (χ1v) is 6.14. The van der Waals surface area contributed by atoms with E-state index in [0.29, 0.717) is 10.6 Å². The second-order valence-electron chi connectivity index (χ2n) is 2.90. The van der Waals surface area contributed by atoms with Crippen molar-refractivity contribution in [2.75, 3.05) is 7.11 Å². The van der Waals surface area contributed by atoms with Gasteiger partial charge in [0.1, 0.15) is 0 Å². The van der Waals surface area contributed by atoms with Crippen molar-refractivity contribution in [1.82, 2.24) is 0 Å². The van der Waals surface area contributed by atoms with Crippen molar-refractivity contribution < 1.29 is 32.2 Å². The van der Waals surface area contributed by atoms with Crippen molar-refractivity contribution in [3.05, 3.63) is 34.9 Å². The fraction of sp³-hybridized carbons (Fsp3) is 0.222. The van der Waals surface area contributed by atoms with Gasteiger partial charge in [0.05, 0.1) is 7.11 Å². The van der Waals surface area contributed by atoms with E-state index in [-0.39, 0.29) is 0 Å². The predicted molar refractivity (Wildman–Crippen MR) is 62.6 cm³/mol. The zero-order valence-electron chi connectivity index (χ0n) is 9.15. The van der Waals surface area contributed by atoms with E-state index in [9.17, 15) is 9.90 Å². The van der Waals surface area contributed by atoms with Gasteiger partial charge >= 0.3 is 16.4 Å². The second kappa shape index (κ2) is 7.29. The van der Waals surface area contributed by atoms with Crippen LogP contribution in [0.5, 0.6) is 0 Å². The Morgan fingerprint density at radius 1 is 1.33 bits per heavy atom. The number of hydrogen-bond donors (Lipinski definition) is 3. The van der Waals surface area contributed by atoms with Crippen molar-refractivity contribution >= 4 is 28.0 Å². The molecule has 0 fully saturated rings. The van der Waals surface area contributed by atoms with E-state index in [1.807, 2.05) is 0 Å². The average Bonchev–Trinajstić information content (AvgIpc) is 2.25. The van der Waals surface area contributed by atoms with Crippen LogP contribution in [-0.4, -0.2) is 35.7 Å². The van der Waals surface area contributed by atoms with Crippen LogP contribution in [0.4, 0.5) is 0 Å². The van der Waals surface area contributed by atoms with Crippen LogP contribution in [0, 0.1) is 0 Å². The summed E-state index contributed by atoms with van der Waals surface area (Å²) in [5.74, 6) is -0.715. The molecule has 0 saturated carbocycles. The monoisotopic (exact) mass is 298 g/mol. The molecule has 1 atom stereocenters. The summed E-state index contributed by atoms with van der Waals surface area (Å²) in [5, 5.41) is 9.76. The van der Waals surface area contributed by atoms with Crippen molar-refractivity contribution in [3.8, 4) is 0 Å². The van der Waals surface area contributed by atoms with Crippen LogP contribution in [-0.2, 0) is 19.9 Å². The molecular formula is C9H11ClO7S. The molecule has 1 aromatic rings. The molecule has 18 heavy (non-hydrogen) atoms. The first kappa shape index (κ1) is 16.8. The number of rotatable bonds is 2. The molecule has 102 valence electrons. The molecule has 1 aromatic carbocycles. The Balaban J connectivity index is 0.000000494.